The molecule has 1 aromatic carbocycles. The molecular weight excluding hydrogens is 276 g/mol. The van der Waals surface area contributed by atoms with Crippen molar-refractivity contribution >= 4 is 34.0 Å². The molecule has 0 radical (unpaired) electrons. The van der Waals surface area contributed by atoms with Gasteiger partial charge in [-0.3, -0.25) is 10.1 Å². The standard InChI is InChI=1S/C13H12N4O2S/c1-8-4-5-20-12(8)7-14-13-15-10-3-2-9(17(18)19)6-11(10)16-13/h2-6H,7H2,1H3,(H2,14,15,16). The molecule has 2 heterocycles. The van der Waals surface area contributed by atoms with Crippen molar-refractivity contribution in [2.75, 3.05) is 5.32 Å². The van der Waals surface area contributed by atoms with Crippen molar-refractivity contribution < 1.29 is 4.92 Å². The van der Waals surface area contributed by atoms with Crippen LogP contribution < -0.4 is 5.32 Å². The molecule has 3 rings (SSSR count). The second kappa shape index (κ2) is 4.93. The number of fused-ring (bicyclic) bond motifs is 1. The Morgan fingerprint density at radius 3 is 3.00 bits per heavy atom. The molecule has 0 aliphatic carbocycles. The number of thiophene rings is 1. The minimum Gasteiger partial charge on any atom is -0.351 e. The van der Waals surface area contributed by atoms with Crippen molar-refractivity contribution in [3.05, 3.63) is 50.2 Å². The summed E-state index contributed by atoms with van der Waals surface area (Å²) >= 11 is 1.69. The third-order valence-electron chi connectivity index (χ3n) is 3.06. The number of aromatic amines is 1. The number of hydrogen-bond acceptors (Lipinski definition) is 5. The van der Waals surface area contributed by atoms with Gasteiger partial charge in [-0.25, -0.2) is 4.98 Å². The van der Waals surface area contributed by atoms with Crippen molar-refractivity contribution in [2.45, 2.75) is 13.5 Å². The van der Waals surface area contributed by atoms with Crippen LogP contribution in [-0.2, 0) is 6.54 Å². The number of non-ortho nitro benzene ring substituents is 1. The van der Waals surface area contributed by atoms with E-state index in [1.807, 2.05) is 5.38 Å². The fraction of sp³-hybridized carbons (Fsp3) is 0.154. The molecule has 6 nitrogen and oxygen atoms in total. The second-order valence-electron chi connectivity index (χ2n) is 4.42. The molecule has 0 spiro atoms. The number of aromatic nitrogens is 2. The molecule has 0 saturated carbocycles. The van der Waals surface area contributed by atoms with Gasteiger partial charge < -0.3 is 10.3 Å². The molecule has 0 unspecified atom stereocenters. The van der Waals surface area contributed by atoms with Crippen LogP contribution >= 0.6 is 11.3 Å². The van der Waals surface area contributed by atoms with Crippen LogP contribution in [0.1, 0.15) is 10.4 Å². The number of rotatable bonds is 4. The number of nitrogens with zero attached hydrogens (tertiary/aromatic N) is 2. The summed E-state index contributed by atoms with van der Waals surface area (Å²) in [6, 6.07) is 6.66. The van der Waals surface area contributed by atoms with Gasteiger partial charge in [-0.05, 0) is 30.0 Å². The first-order valence-corrected chi connectivity index (χ1v) is 6.92. The van der Waals surface area contributed by atoms with Gasteiger partial charge >= 0.3 is 0 Å². The van der Waals surface area contributed by atoms with Gasteiger partial charge in [0.25, 0.3) is 5.69 Å². The average Bonchev–Trinajstić information content (AvgIpc) is 3.00. The minimum atomic E-state index is -0.414. The zero-order valence-electron chi connectivity index (χ0n) is 10.7. The summed E-state index contributed by atoms with van der Waals surface area (Å²) in [7, 11) is 0. The van der Waals surface area contributed by atoms with Gasteiger partial charge in [-0.2, -0.15) is 0 Å². The van der Waals surface area contributed by atoms with Crippen LogP contribution in [0.25, 0.3) is 11.0 Å². The molecule has 0 aliphatic rings. The van der Waals surface area contributed by atoms with E-state index in [0.29, 0.717) is 23.5 Å². The highest BCUT2D eigenvalue weighted by atomic mass is 32.1. The Labute approximate surface area is 118 Å². The first-order valence-electron chi connectivity index (χ1n) is 6.04. The van der Waals surface area contributed by atoms with Crippen LogP contribution in [0, 0.1) is 17.0 Å². The van der Waals surface area contributed by atoms with E-state index in [0.717, 1.165) is 0 Å². The molecule has 2 N–H and O–H groups in total. The molecule has 0 fully saturated rings. The maximum Gasteiger partial charge on any atom is 0.271 e. The van der Waals surface area contributed by atoms with E-state index < -0.39 is 4.92 Å². The highest BCUT2D eigenvalue weighted by Gasteiger charge is 2.09. The Morgan fingerprint density at radius 2 is 2.30 bits per heavy atom. The molecule has 7 heteroatoms. The molecule has 102 valence electrons. The van der Waals surface area contributed by atoms with Crippen LogP contribution in [0.5, 0.6) is 0 Å². The van der Waals surface area contributed by atoms with E-state index >= 15 is 0 Å². The molecule has 3 aromatic rings. The van der Waals surface area contributed by atoms with E-state index in [1.165, 1.54) is 22.6 Å². The normalized spacial score (nSPS) is 10.8. The molecule has 0 saturated heterocycles. The summed E-state index contributed by atoms with van der Waals surface area (Å²) in [5.41, 5.74) is 2.67. The third-order valence-corrected chi connectivity index (χ3v) is 4.08. The Kier molecular flexibility index (Phi) is 3.11. The molecular formula is C13H12N4O2S. The smallest absolute Gasteiger partial charge is 0.271 e. The van der Waals surface area contributed by atoms with Gasteiger partial charge in [0, 0.05) is 17.0 Å². The van der Waals surface area contributed by atoms with Crippen LogP contribution in [0.3, 0.4) is 0 Å². The van der Waals surface area contributed by atoms with Gasteiger partial charge in [0.15, 0.2) is 0 Å². The number of benzene rings is 1. The summed E-state index contributed by atoms with van der Waals surface area (Å²) in [6.45, 7) is 2.75. The van der Waals surface area contributed by atoms with Crippen LogP contribution in [0.4, 0.5) is 11.6 Å². The highest BCUT2D eigenvalue weighted by Crippen LogP contribution is 2.21. The zero-order chi connectivity index (χ0) is 14.1. The van der Waals surface area contributed by atoms with Gasteiger partial charge in [0.1, 0.15) is 0 Å². The van der Waals surface area contributed by atoms with Crippen molar-refractivity contribution in [1.82, 2.24) is 9.97 Å². The van der Waals surface area contributed by atoms with E-state index in [1.54, 1.807) is 17.4 Å². The summed E-state index contributed by atoms with van der Waals surface area (Å²) in [5.74, 6) is 0.619. The fourth-order valence-electron chi connectivity index (χ4n) is 1.94. The van der Waals surface area contributed by atoms with Crippen molar-refractivity contribution in [3.63, 3.8) is 0 Å². The molecule has 0 atom stereocenters. The number of hydrogen-bond donors (Lipinski definition) is 2. The summed E-state index contributed by atoms with van der Waals surface area (Å²) in [6.07, 6.45) is 0. The van der Waals surface area contributed by atoms with Crippen molar-refractivity contribution in [2.24, 2.45) is 0 Å². The molecule has 0 amide bonds. The summed E-state index contributed by atoms with van der Waals surface area (Å²) in [5, 5.41) is 16.0. The first kappa shape index (κ1) is 12.6. The number of imidazole rings is 1. The predicted octanol–water partition coefficient (Wildman–Crippen LogP) is 3.45. The van der Waals surface area contributed by atoms with E-state index in [-0.39, 0.29) is 5.69 Å². The number of anilines is 1. The van der Waals surface area contributed by atoms with E-state index in [2.05, 4.69) is 28.3 Å². The number of nitro groups is 1. The first-order chi connectivity index (χ1) is 9.63. The van der Waals surface area contributed by atoms with Crippen molar-refractivity contribution in [1.29, 1.82) is 0 Å². The largest absolute Gasteiger partial charge is 0.351 e. The lowest BCUT2D eigenvalue weighted by Gasteiger charge is -2.01. The lowest BCUT2D eigenvalue weighted by Crippen LogP contribution is -1.99. The van der Waals surface area contributed by atoms with Crippen LogP contribution in [0.15, 0.2) is 29.6 Å². The average molecular weight is 288 g/mol. The Balaban J connectivity index is 1.82. The molecule has 0 bridgehead atoms. The second-order valence-corrected chi connectivity index (χ2v) is 5.42. The summed E-state index contributed by atoms with van der Waals surface area (Å²) in [4.78, 5) is 19.0. The van der Waals surface area contributed by atoms with Gasteiger partial charge in [-0.15, -0.1) is 11.3 Å². The number of nitro benzene ring substituents is 1. The Bertz CT molecular complexity index is 778. The number of H-pyrrole nitrogens is 1. The molecule has 2 aromatic heterocycles. The maximum atomic E-state index is 10.7. The lowest BCUT2D eigenvalue weighted by atomic mass is 10.3. The third kappa shape index (κ3) is 2.35. The van der Waals surface area contributed by atoms with Crippen LogP contribution in [0.2, 0.25) is 0 Å². The maximum absolute atomic E-state index is 10.7. The SMILES string of the molecule is Cc1ccsc1CNc1nc2ccc([N+](=O)[O-])cc2[nH]1. The van der Waals surface area contributed by atoms with Gasteiger partial charge in [0.2, 0.25) is 5.95 Å². The van der Waals surface area contributed by atoms with E-state index in [9.17, 15) is 10.1 Å². The molecule has 20 heavy (non-hydrogen) atoms. The number of aryl methyl sites for hydroxylation is 1. The van der Waals surface area contributed by atoms with Crippen molar-refractivity contribution in [3.8, 4) is 0 Å². The molecule has 0 aliphatic heterocycles. The summed E-state index contributed by atoms with van der Waals surface area (Å²) < 4.78 is 0. The van der Waals surface area contributed by atoms with Gasteiger partial charge in [-0.1, -0.05) is 0 Å². The fourth-order valence-corrected chi connectivity index (χ4v) is 2.79. The zero-order valence-corrected chi connectivity index (χ0v) is 11.5. The topological polar surface area (TPSA) is 83.8 Å². The quantitative estimate of drug-likeness (QED) is 0.569. The minimum absolute atomic E-state index is 0.0572. The monoisotopic (exact) mass is 288 g/mol. The van der Waals surface area contributed by atoms with E-state index in [4.69, 9.17) is 0 Å². The predicted molar refractivity (Wildman–Crippen MR) is 79.1 cm³/mol. The highest BCUT2D eigenvalue weighted by molar-refractivity contribution is 7.10. The lowest BCUT2D eigenvalue weighted by molar-refractivity contribution is -0.384. The number of nitrogens with one attached hydrogen (secondary N) is 2. The van der Waals surface area contributed by atoms with Crippen LogP contribution in [-0.4, -0.2) is 14.9 Å². The van der Waals surface area contributed by atoms with Gasteiger partial charge in [0.05, 0.1) is 22.5 Å². The Morgan fingerprint density at radius 1 is 1.45 bits per heavy atom. The Hall–Kier alpha value is -2.41.